The molecule has 4 heteroatoms. The molecule has 56 heavy (non-hydrogen) atoms. The van der Waals surface area contributed by atoms with Crippen molar-refractivity contribution < 1.29 is 0 Å². The van der Waals surface area contributed by atoms with Crippen LogP contribution < -0.4 is 0 Å². The van der Waals surface area contributed by atoms with Crippen molar-refractivity contribution in [1.82, 2.24) is 19.5 Å². The summed E-state index contributed by atoms with van der Waals surface area (Å²) >= 11 is 0. The number of benzene rings is 9. The molecule has 0 saturated heterocycles. The van der Waals surface area contributed by atoms with E-state index < -0.39 is 0 Å². The van der Waals surface area contributed by atoms with Crippen molar-refractivity contribution in [2.75, 3.05) is 0 Å². The molecular weight excluding hydrogens is 681 g/mol. The number of para-hydroxylation sites is 2. The molecule has 0 spiro atoms. The molecule has 1 N–H and O–H groups in total. The Balaban J connectivity index is 1.16. The van der Waals surface area contributed by atoms with Gasteiger partial charge >= 0.3 is 0 Å². The third kappa shape index (κ3) is 4.47. The van der Waals surface area contributed by atoms with E-state index in [1.807, 2.05) is 24.3 Å². The van der Waals surface area contributed by atoms with Crippen LogP contribution in [0.25, 0.3) is 116 Å². The Morgan fingerprint density at radius 3 is 1.62 bits per heavy atom. The van der Waals surface area contributed by atoms with Gasteiger partial charge in [-0.05, 0) is 46.5 Å². The highest BCUT2D eigenvalue weighted by molar-refractivity contribution is 6.45. The van der Waals surface area contributed by atoms with Crippen LogP contribution in [0, 0.1) is 0 Å². The Hall–Kier alpha value is -7.56. The number of hydrogen-bond donors (Lipinski definition) is 1. The molecule has 0 aliphatic rings. The largest absolute Gasteiger partial charge is 0.354 e. The highest BCUT2D eigenvalue weighted by Crippen LogP contribution is 2.49. The molecule has 0 radical (unpaired) electrons. The van der Waals surface area contributed by atoms with Crippen LogP contribution in [0.2, 0.25) is 0 Å². The van der Waals surface area contributed by atoms with Crippen LogP contribution in [-0.4, -0.2) is 19.5 Å². The van der Waals surface area contributed by atoms with E-state index >= 15 is 0 Å². The summed E-state index contributed by atoms with van der Waals surface area (Å²) in [6.45, 7) is 0. The zero-order valence-electron chi connectivity index (χ0n) is 30.2. The first-order chi connectivity index (χ1) is 27.8. The Morgan fingerprint density at radius 2 is 0.911 bits per heavy atom. The molecule has 0 aliphatic carbocycles. The van der Waals surface area contributed by atoms with Crippen LogP contribution in [-0.2, 0) is 0 Å². The number of aromatic nitrogens is 4. The second kappa shape index (κ2) is 12.0. The molecule has 4 nitrogen and oxygen atoms in total. The summed E-state index contributed by atoms with van der Waals surface area (Å²) < 4.78 is 2.47. The molecular formula is C52H32N4. The van der Waals surface area contributed by atoms with E-state index in [1.54, 1.807) is 0 Å². The summed E-state index contributed by atoms with van der Waals surface area (Å²) in [4.78, 5) is 14.0. The van der Waals surface area contributed by atoms with E-state index in [0.29, 0.717) is 5.82 Å². The van der Waals surface area contributed by atoms with Gasteiger partial charge in [-0.1, -0.05) is 158 Å². The second-order valence-electron chi connectivity index (χ2n) is 14.6. The fraction of sp³-hybridized carbons (Fsp3) is 0. The van der Waals surface area contributed by atoms with Crippen LogP contribution in [0.4, 0.5) is 0 Å². The van der Waals surface area contributed by atoms with E-state index in [0.717, 1.165) is 39.3 Å². The number of nitrogens with one attached hydrogen (secondary N) is 1. The molecule has 9 aromatic carbocycles. The van der Waals surface area contributed by atoms with Gasteiger partial charge in [-0.15, -0.1) is 0 Å². The quantitative estimate of drug-likeness (QED) is 0.185. The highest BCUT2D eigenvalue weighted by atomic mass is 15.0. The van der Waals surface area contributed by atoms with Crippen molar-refractivity contribution >= 4 is 75.9 Å². The summed E-state index contributed by atoms with van der Waals surface area (Å²) in [6, 6.07) is 67.1. The molecule has 0 amide bonds. The molecule has 0 unspecified atom stereocenters. The monoisotopic (exact) mass is 712 g/mol. The topological polar surface area (TPSA) is 46.5 Å². The van der Waals surface area contributed by atoms with Gasteiger partial charge in [-0.3, -0.25) is 0 Å². The third-order valence-electron chi connectivity index (χ3n) is 11.5. The maximum atomic E-state index is 5.12. The minimum absolute atomic E-state index is 0.711. The Labute approximate surface area is 321 Å². The standard InChI is InChI=1S/C52H32N4/c1-3-15-32(16-4-1)43-31-44(55-52(54-43)34-17-5-2-6-18-34)33-27-29-35(30-28-33)56-45-26-14-12-24-41(45)48-49-46(37-20-8-10-22-39(37)51(48)56)36-19-7-9-21-38(36)50-47(49)40-23-11-13-25-42(40)53-50/h1-31,53H. The number of rotatable bonds is 4. The molecule has 12 aromatic rings. The van der Waals surface area contributed by atoms with E-state index in [1.165, 1.54) is 70.4 Å². The lowest BCUT2D eigenvalue weighted by Crippen LogP contribution is -1.97. The van der Waals surface area contributed by atoms with Gasteiger partial charge < -0.3 is 9.55 Å². The van der Waals surface area contributed by atoms with Crippen LogP contribution in [0.1, 0.15) is 0 Å². The molecule has 0 saturated carbocycles. The van der Waals surface area contributed by atoms with Crippen molar-refractivity contribution in [3.63, 3.8) is 0 Å². The van der Waals surface area contributed by atoms with Gasteiger partial charge in [0.05, 0.1) is 27.9 Å². The van der Waals surface area contributed by atoms with Gasteiger partial charge in [0.15, 0.2) is 5.82 Å². The minimum Gasteiger partial charge on any atom is -0.354 e. The summed E-state index contributed by atoms with van der Waals surface area (Å²) in [5.74, 6) is 0.711. The summed E-state index contributed by atoms with van der Waals surface area (Å²) in [6.07, 6.45) is 0. The van der Waals surface area contributed by atoms with Gasteiger partial charge in [-0.2, -0.15) is 0 Å². The first kappa shape index (κ1) is 30.9. The number of hydrogen-bond acceptors (Lipinski definition) is 2. The molecule has 0 atom stereocenters. The first-order valence-corrected chi connectivity index (χ1v) is 19.1. The fourth-order valence-corrected chi connectivity index (χ4v) is 9.09. The normalized spacial score (nSPS) is 11.9. The SMILES string of the molecule is c1ccc(-c2cc(-c3ccc(-n4c5ccccc5c5c6c(c7ccccc7c7[nH]c8ccccc8c76)c6ccccc6c54)cc3)nc(-c3ccccc3)n2)cc1. The lowest BCUT2D eigenvalue weighted by atomic mass is 9.89. The maximum Gasteiger partial charge on any atom is 0.160 e. The second-order valence-corrected chi connectivity index (χ2v) is 14.6. The molecule has 0 aliphatic heterocycles. The number of fused-ring (bicyclic) bond motifs is 15. The van der Waals surface area contributed by atoms with Crippen molar-refractivity contribution in [3.05, 3.63) is 188 Å². The summed E-state index contributed by atoms with van der Waals surface area (Å²) in [7, 11) is 0. The zero-order chi connectivity index (χ0) is 36.7. The summed E-state index contributed by atoms with van der Waals surface area (Å²) in [5, 5.41) is 12.6. The first-order valence-electron chi connectivity index (χ1n) is 19.1. The Morgan fingerprint density at radius 1 is 0.375 bits per heavy atom. The van der Waals surface area contributed by atoms with Crippen LogP contribution in [0.3, 0.4) is 0 Å². The van der Waals surface area contributed by atoms with Crippen LogP contribution in [0.15, 0.2) is 188 Å². The molecule has 3 heterocycles. The van der Waals surface area contributed by atoms with Crippen molar-refractivity contribution in [1.29, 1.82) is 0 Å². The predicted octanol–water partition coefficient (Wildman–Crippen LogP) is 13.7. The van der Waals surface area contributed by atoms with E-state index in [4.69, 9.17) is 9.97 Å². The van der Waals surface area contributed by atoms with Crippen LogP contribution in [0.5, 0.6) is 0 Å². The van der Waals surface area contributed by atoms with Crippen molar-refractivity contribution in [2.45, 2.75) is 0 Å². The van der Waals surface area contributed by atoms with Gasteiger partial charge in [0, 0.05) is 65.6 Å². The van der Waals surface area contributed by atoms with Crippen LogP contribution >= 0.6 is 0 Å². The zero-order valence-corrected chi connectivity index (χ0v) is 30.2. The number of aromatic amines is 1. The number of nitrogens with zero attached hydrogens (tertiary/aromatic N) is 3. The van der Waals surface area contributed by atoms with Gasteiger partial charge in [0.1, 0.15) is 0 Å². The van der Waals surface area contributed by atoms with E-state index in [2.05, 4.69) is 173 Å². The molecule has 3 aromatic heterocycles. The smallest absolute Gasteiger partial charge is 0.160 e. The molecule has 260 valence electrons. The number of H-pyrrole nitrogens is 1. The third-order valence-corrected chi connectivity index (χ3v) is 11.5. The van der Waals surface area contributed by atoms with Gasteiger partial charge in [-0.25, -0.2) is 9.97 Å². The molecule has 0 bridgehead atoms. The lowest BCUT2D eigenvalue weighted by Gasteiger charge is -2.15. The fourth-order valence-electron chi connectivity index (χ4n) is 9.09. The average molecular weight is 713 g/mol. The van der Waals surface area contributed by atoms with E-state index in [9.17, 15) is 0 Å². The van der Waals surface area contributed by atoms with Crippen molar-refractivity contribution in [2.24, 2.45) is 0 Å². The predicted molar refractivity (Wildman–Crippen MR) is 235 cm³/mol. The maximum absolute atomic E-state index is 5.12. The summed E-state index contributed by atoms with van der Waals surface area (Å²) in [5.41, 5.74) is 10.7. The minimum atomic E-state index is 0.711. The van der Waals surface area contributed by atoms with Gasteiger partial charge in [0.25, 0.3) is 0 Å². The lowest BCUT2D eigenvalue weighted by molar-refractivity contribution is 1.17. The Bertz CT molecular complexity index is 3450. The average Bonchev–Trinajstić information content (AvgIpc) is 3.84. The highest BCUT2D eigenvalue weighted by Gasteiger charge is 2.24. The van der Waals surface area contributed by atoms with Gasteiger partial charge in [0.2, 0.25) is 0 Å². The molecule has 12 rings (SSSR count). The molecule has 0 fully saturated rings. The van der Waals surface area contributed by atoms with Crippen molar-refractivity contribution in [3.8, 4) is 39.6 Å². The Kier molecular flexibility index (Phi) is 6.60. The van der Waals surface area contributed by atoms with E-state index in [-0.39, 0.29) is 0 Å².